The highest BCUT2D eigenvalue weighted by molar-refractivity contribution is 6.37. The molecule has 3 nitrogen and oxygen atoms in total. The van der Waals surface area contributed by atoms with Gasteiger partial charge in [0.2, 0.25) is 0 Å². The van der Waals surface area contributed by atoms with Crippen molar-refractivity contribution >= 4 is 22.5 Å². The van der Waals surface area contributed by atoms with Crippen LogP contribution in [0.25, 0.3) is 10.9 Å². The van der Waals surface area contributed by atoms with Crippen LogP contribution in [0.1, 0.15) is 35.6 Å². The van der Waals surface area contributed by atoms with Crippen molar-refractivity contribution in [2.45, 2.75) is 31.6 Å². The molecule has 0 amide bonds. The minimum absolute atomic E-state index is 0.633. The molecule has 0 saturated heterocycles. The summed E-state index contributed by atoms with van der Waals surface area (Å²) in [4.78, 5) is 4.99. The van der Waals surface area contributed by atoms with Crippen molar-refractivity contribution in [2.24, 2.45) is 0 Å². The van der Waals surface area contributed by atoms with Crippen LogP contribution in [-0.4, -0.2) is 25.2 Å². The van der Waals surface area contributed by atoms with Gasteiger partial charge in [-0.2, -0.15) is 0 Å². The molecule has 1 fully saturated rings. The molecular weight excluding hydrogens is 284 g/mol. The number of ether oxygens (including phenoxy) is 1. The first kappa shape index (κ1) is 13.4. The lowest BCUT2D eigenvalue weighted by Crippen LogP contribution is -2.16. The molecule has 0 bridgehead atoms. The number of methoxy groups -OCH3 is 1. The molecule has 1 aromatic carbocycles. The van der Waals surface area contributed by atoms with E-state index in [4.69, 9.17) is 21.3 Å². The van der Waals surface area contributed by atoms with Crippen LogP contribution < -0.4 is 10.1 Å². The Morgan fingerprint density at radius 3 is 2.81 bits per heavy atom. The molecule has 2 aliphatic rings. The van der Waals surface area contributed by atoms with Crippen LogP contribution in [0.5, 0.6) is 5.75 Å². The smallest absolute Gasteiger partial charge is 0.138 e. The van der Waals surface area contributed by atoms with Gasteiger partial charge in [0, 0.05) is 24.0 Å². The molecule has 2 heterocycles. The molecule has 1 aliphatic heterocycles. The quantitative estimate of drug-likeness (QED) is 0.922. The van der Waals surface area contributed by atoms with Gasteiger partial charge in [-0.05, 0) is 55.0 Å². The Labute approximate surface area is 129 Å². The summed E-state index contributed by atoms with van der Waals surface area (Å²) >= 11 is 6.54. The van der Waals surface area contributed by atoms with E-state index in [1.165, 1.54) is 29.7 Å². The summed E-state index contributed by atoms with van der Waals surface area (Å²) in [5, 5.41) is 5.19. The van der Waals surface area contributed by atoms with Crippen molar-refractivity contribution in [3.8, 4) is 5.75 Å². The number of aromatic nitrogens is 1. The van der Waals surface area contributed by atoms with Gasteiger partial charge in [-0.1, -0.05) is 11.6 Å². The molecule has 0 unspecified atom stereocenters. The molecule has 1 N–H and O–H groups in total. The maximum absolute atomic E-state index is 6.54. The zero-order chi connectivity index (χ0) is 14.4. The maximum atomic E-state index is 6.54. The number of nitrogens with one attached hydrogen (secondary N) is 1. The van der Waals surface area contributed by atoms with Gasteiger partial charge < -0.3 is 10.1 Å². The third-order valence-corrected chi connectivity index (χ3v) is 4.94. The Kier molecular flexibility index (Phi) is 3.27. The summed E-state index contributed by atoms with van der Waals surface area (Å²) in [6.07, 6.45) is 4.52. The number of fused-ring (bicyclic) bond motifs is 2. The molecule has 4 rings (SSSR count). The van der Waals surface area contributed by atoms with Gasteiger partial charge >= 0.3 is 0 Å². The van der Waals surface area contributed by atoms with Gasteiger partial charge in [-0.25, -0.2) is 0 Å². The van der Waals surface area contributed by atoms with Crippen LogP contribution in [0.3, 0.4) is 0 Å². The first-order valence-electron chi connectivity index (χ1n) is 7.67. The molecule has 4 heteroatoms. The van der Waals surface area contributed by atoms with Crippen molar-refractivity contribution in [1.29, 1.82) is 0 Å². The largest absolute Gasteiger partial charge is 0.495 e. The van der Waals surface area contributed by atoms with Gasteiger partial charge in [0.1, 0.15) is 5.75 Å². The van der Waals surface area contributed by atoms with Gasteiger partial charge in [-0.15, -0.1) is 0 Å². The van der Waals surface area contributed by atoms with Gasteiger partial charge in [0.05, 0.1) is 17.6 Å². The topological polar surface area (TPSA) is 34.1 Å². The summed E-state index contributed by atoms with van der Waals surface area (Å²) in [5.41, 5.74) is 4.95. The summed E-state index contributed by atoms with van der Waals surface area (Å²) in [7, 11) is 1.69. The van der Waals surface area contributed by atoms with Crippen molar-refractivity contribution < 1.29 is 4.74 Å². The minimum Gasteiger partial charge on any atom is -0.495 e. The highest BCUT2D eigenvalue weighted by Crippen LogP contribution is 2.46. The van der Waals surface area contributed by atoms with Crippen LogP contribution in [0.15, 0.2) is 12.1 Å². The molecule has 0 spiro atoms. The van der Waals surface area contributed by atoms with Crippen LogP contribution >= 0.6 is 11.6 Å². The van der Waals surface area contributed by atoms with Crippen molar-refractivity contribution in [2.75, 3.05) is 20.2 Å². The molecule has 2 aromatic rings. The second kappa shape index (κ2) is 5.15. The lowest BCUT2D eigenvalue weighted by Gasteiger charge is -2.14. The summed E-state index contributed by atoms with van der Waals surface area (Å²) in [5.74, 6) is 1.41. The second-order valence-corrected chi connectivity index (χ2v) is 6.37. The third-order valence-electron chi connectivity index (χ3n) is 4.55. The summed E-state index contributed by atoms with van der Waals surface area (Å²) in [6, 6.07) is 4.33. The SMILES string of the molecule is COc1cc(C2CC2)c2nc3c(cc2c1Cl)CCNCC3. The van der Waals surface area contributed by atoms with Crippen molar-refractivity contribution in [3.63, 3.8) is 0 Å². The van der Waals surface area contributed by atoms with E-state index < -0.39 is 0 Å². The standard InChI is InChI=1S/C17H19ClN2O/c1-21-15-9-12(10-2-3-10)17-13(16(15)18)8-11-4-6-19-7-5-14(11)20-17/h8-10,19H,2-7H2,1H3. The number of pyridine rings is 1. The Hall–Kier alpha value is -1.32. The Morgan fingerprint density at radius 2 is 2.05 bits per heavy atom. The van der Waals surface area contributed by atoms with E-state index in [9.17, 15) is 0 Å². The fraction of sp³-hybridized carbons (Fsp3) is 0.471. The fourth-order valence-corrected chi connectivity index (χ4v) is 3.50. The predicted molar refractivity (Wildman–Crippen MR) is 85.6 cm³/mol. The van der Waals surface area contributed by atoms with Crippen LogP contribution in [0, 0.1) is 0 Å². The Balaban J connectivity index is 1.99. The molecule has 1 aliphatic carbocycles. The van der Waals surface area contributed by atoms with E-state index in [1.807, 2.05) is 0 Å². The number of nitrogens with zero attached hydrogens (tertiary/aromatic N) is 1. The third kappa shape index (κ3) is 2.29. The molecule has 0 radical (unpaired) electrons. The number of hydrogen-bond acceptors (Lipinski definition) is 3. The van der Waals surface area contributed by atoms with Crippen molar-refractivity contribution in [1.82, 2.24) is 10.3 Å². The van der Waals surface area contributed by atoms with Crippen LogP contribution in [0.2, 0.25) is 5.02 Å². The average molecular weight is 303 g/mol. The minimum atomic E-state index is 0.633. The first-order valence-corrected chi connectivity index (χ1v) is 8.05. The number of hydrogen-bond donors (Lipinski definition) is 1. The lowest BCUT2D eigenvalue weighted by atomic mass is 10.0. The molecule has 0 atom stereocenters. The molecular formula is C17H19ClN2O. The fourth-order valence-electron chi connectivity index (χ4n) is 3.23. The van der Waals surface area contributed by atoms with Gasteiger partial charge in [0.15, 0.2) is 0 Å². The van der Waals surface area contributed by atoms with E-state index in [0.29, 0.717) is 10.9 Å². The monoisotopic (exact) mass is 302 g/mol. The van der Waals surface area contributed by atoms with E-state index in [-0.39, 0.29) is 0 Å². The van der Waals surface area contributed by atoms with E-state index in [0.717, 1.165) is 42.6 Å². The zero-order valence-corrected chi connectivity index (χ0v) is 13.0. The lowest BCUT2D eigenvalue weighted by molar-refractivity contribution is 0.415. The summed E-state index contributed by atoms with van der Waals surface area (Å²) in [6.45, 7) is 2.02. The molecule has 110 valence electrons. The van der Waals surface area contributed by atoms with Gasteiger partial charge in [0.25, 0.3) is 0 Å². The van der Waals surface area contributed by atoms with E-state index >= 15 is 0 Å². The first-order chi connectivity index (χ1) is 10.3. The zero-order valence-electron chi connectivity index (χ0n) is 12.2. The number of halogens is 1. The Morgan fingerprint density at radius 1 is 1.24 bits per heavy atom. The Bertz CT molecular complexity index is 710. The molecule has 21 heavy (non-hydrogen) atoms. The van der Waals surface area contributed by atoms with E-state index in [2.05, 4.69) is 17.4 Å². The van der Waals surface area contributed by atoms with E-state index in [1.54, 1.807) is 7.11 Å². The predicted octanol–water partition coefficient (Wildman–Crippen LogP) is 3.46. The number of benzene rings is 1. The number of rotatable bonds is 2. The normalized spacial score (nSPS) is 18.4. The summed E-state index contributed by atoms with van der Waals surface area (Å²) < 4.78 is 5.47. The highest BCUT2D eigenvalue weighted by atomic mass is 35.5. The van der Waals surface area contributed by atoms with Crippen LogP contribution in [0.4, 0.5) is 0 Å². The second-order valence-electron chi connectivity index (χ2n) is 6.00. The van der Waals surface area contributed by atoms with Gasteiger partial charge in [-0.3, -0.25) is 4.98 Å². The maximum Gasteiger partial charge on any atom is 0.138 e. The van der Waals surface area contributed by atoms with Crippen molar-refractivity contribution in [3.05, 3.63) is 34.0 Å². The average Bonchev–Trinajstić information content (AvgIpc) is 3.33. The molecule has 1 saturated carbocycles. The van der Waals surface area contributed by atoms with Crippen LogP contribution in [-0.2, 0) is 12.8 Å². The molecule has 1 aromatic heterocycles. The highest BCUT2D eigenvalue weighted by Gasteiger charge is 2.28.